The van der Waals surface area contributed by atoms with Crippen LogP contribution in [0.1, 0.15) is 42.1 Å². The molecule has 0 saturated carbocycles. The molecule has 0 spiro atoms. The molecule has 24 heavy (non-hydrogen) atoms. The van der Waals surface area contributed by atoms with Gasteiger partial charge in [-0.2, -0.15) is 0 Å². The number of amides is 2. The predicted molar refractivity (Wildman–Crippen MR) is 98.7 cm³/mol. The molecule has 4 nitrogen and oxygen atoms in total. The van der Waals surface area contributed by atoms with Crippen LogP contribution in [0, 0.1) is 6.92 Å². The predicted octanol–water partition coefficient (Wildman–Crippen LogP) is 5.03. The van der Waals surface area contributed by atoms with Crippen LogP contribution >= 0.6 is 11.6 Å². The maximum atomic E-state index is 12.2. The van der Waals surface area contributed by atoms with Gasteiger partial charge in [0, 0.05) is 28.4 Å². The summed E-state index contributed by atoms with van der Waals surface area (Å²) in [6.07, 6.45) is 2.36. The quantitative estimate of drug-likeness (QED) is 0.772. The third-order valence-corrected chi connectivity index (χ3v) is 4.03. The first-order valence-corrected chi connectivity index (χ1v) is 8.35. The molecule has 2 N–H and O–H groups in total. The Labute approximate surface area is 147 Å². The Morgan fingerprint density at radius 2 is 1.67 bits per heavy atom. The summed E-state index contributed by atoms with van der Waals surface area (Å²) >= 11 is 6.06. The molecule has 0 fully saturated rings. The molecule has 0 unspecified atom stereocenters. The Kier molecular flexibility index (Phi) is 6.38. The fourth-order valence-corrected chi connectivity index (χ4v) is 2.32. The monoisotopic (exact) mass is 344 g/mol. The Balaban J connectivity index is 1.98. The van der Waals surface area contributed by atoms with Gasteiger partial charge in [0.1, 0.15) is 0 Å². The number of benzene rings is 2. The molecule has 2 rings (SSSR count). The topological polar surface area (TPSA) is 58.2 Å². The summed E-state index contributed by atoms with van der Waals surface area (Å²) in [7, 11) is 0. The molecule has 0 aliphatic carbocycles. The second-order valence-electron chi connectivity index (χ2n) is 5.65. The number of carbonyl (C=O) groups excluding carboxylic acids is 2. The Hall–Kier alpha value is -2.33. The van der Waals surface area contributed by atoms with E-state index in [0.29, 0.717) is 28.4 Å². The molecule has 0 bridgehead atoms. The van der Waals surface area contributed by atoms with Gasteiger partial charge >= 0.3 is 0 Å². The molecule has 2 amide bonds. The number of carbonyl (C=O) groups is 2. The van der Waals surface area contributed by atoms with E-state index in [1.54, 1.807) is 36.4 Å². The number of hydrogen-bond donors (Lipinski definition) is 2. The fourth-order valence-electron chi connectivity index (χ4n) is 2.14. The van der Waals surface area contributed by atoms with E-state index in [-0.39, 0.29) is 11.8 Å². The molecular weight excluding hydrogens is 324 g/mol. The third kappa shape index (κ3) is 5.10. The van der Waals surface area contributed by atoms with Crippen molar-refractivity contribution in [3.63, 3.8) is 0 Å². The summed E-state index contributed by atoms with van der Waals surface area (Å²) in [6.45, 7) is 3.95. The minimum absolute atomic E-state index is 0.0108. The van der Waals surface area contributed by atoms with Gasteiger partial charge in [0.2, 0.25) is 5.91 Å². The number of hydrogen-bond acceptors (Lipinski definition) is 2. The average Bonchev–Trinajstić information content (AvgIpc) is 2.57. The van der Waals surface area contributed by atoms with Crippen molar-refractivity contribution in [2.45, 2.75) is 33.1 Å². The molecule has 126 valence electrons. The molecule has 2 aromatic rings. The van der Waals surface area contributed by atoms with E-state index in [2.05, 4.69) is 10.6 Å². The van der Waals surface area contributed by atoms with Crippen LogP contribution < -0.4 is 10.6 Å². The molecule has 0 saturated heterocycles. The lowest BCUT2D eigenvalue weighted by molar-refractivity contribution is -0.116. The summed E-state index contributed by atoms with van der Waals surface area (Å²) in [5, 5.41) is 6.23. The molecule has 0 aliphatic heterocycles. The van der Waals surface area contributed by atoms with Crippen LogP contribution in [-0.2, 0) is 4.79 Å². The highest BCUT2D eigenvalue weighted by Gasteiger charge is 2.08. The van der Waals surface area contributed by atoms with Crippen molar-refractivity contribution in [3.05, 3.63) is 58.6 Å². The number of anilines is 2. The Bertz CT molecular complexity index is 727. The van der Waals surface area contributed by atoms with Crippen LogP contribution in [0.3, 0.4) is 0 Å². The lowest BCUT2D eigenvalue weighted by atomic mass is 10.1. The molecule has 0 aromatic heterocycles. The highest BCUT2D eigenvalue weighted by atomic mass is 35.5. The first kappa shape index (κ1) is 18.0. The van der Waals surface area contributed by atoms with Crippen LogP contribution in [-0.4, -0.2) is 11.8 Å². The summed E-state index contributed by atoms with van der Waals surface area (Å²) in [4.78, 5) is 23.9. The van der Waals surface area contributed by atoms with Gasteiger partial charge in [-0.05, 0) is 55.3 Å². The van der Waals surface area contributed by atoms with Crippen molar-refractivity contribution < 1.29 is 9.59 Å². The minimum atomic E-state index is -0.223. The van der Waals surface area contributed by atoms with Crippen molar-refractivity contribution in [1.82, 2.24) is 0 Å². The van der Waals surface area contributed by atoms with Gasteiger partial charge in [-0.1, -0.05) is 31.0 Å². The molecular formula is C19H21ClN2O2. The van der Waals surface area contributed by atoms with Gasteiger partial charge in [-0.25, -0.2) is 0 Å². The van der Waals surface area contributed by atoms with Crippen LogP contribution in [0.2, 0.25) is 5.02 Å². The van der Waals surface area contributed by atoms with E-state index in [1.807, 2.05) is 19.9 Å². The van der Waals surface area contributed by atoms with Gasteiger partial charge in [0.15, 0.2) is 0 Å². The fraction of sp³-hybridized carbons (Fsp3) is 0.263. The van der Waals surface area contributed by atoms with Gasteiger partial charge in [-0.3, -0.25) is 9.59 Å². The van der Waals surface area contributed by atoms with Crippen molar-refractivity contribution in [1.29, 1.82) is 0 Å². The maximum absolute atomic E-state index is 12.2. The zero-order valence-corrected chi connectivity index (χ0v) is 14.6. The van der Waals surface area contributed by atoms with Gasteiger partial charge in [0.05, 0.1) is 0 Å². The summed E-state index contributed by atoms with van der Waals surface area (Å²) in [6, 6.07) is 12.2. The molecule has 0 radical (unpaired) electrons. The van der Waals surface area contributed by atoms with Crippen LogP contribution in [0.5, 0.6) is 0 Å². The second kappa shape index (κ2) is 8.50. The molecule has 0 atom stereocenters. The molecule has 0 heterocycles. The second-order valence-corrected chi connectivity index (χ2v) is 6.05. The Morgan fingerprint density at radius 1 is 1.00 bits per heavy atom. The zero-order chi connectivity index (χ0) is 17.5. The third-order valence-electron chi connectivity index (χ3n) is 3.62. The van der Waals surface area contributed by atoms with Gasteiger partial charge < -0.3 is 10.6 Å². The highest BCUT2D eigenvalue weighted by Crippen LogP contribution is 2.20. The summed E-state index contributed by atoms with van der Waals surface area (Å²) in [5.74, 6) is -0.234. The van der Waals surface area contributed by atoms with E-state index >= 15 is 0 Å². The lowest BCUT2D eigenvalue weighted by Crippen LogP contribution is -2.13. The van der Waals surface area contributed by atoms with E-state index in [1.165, 1.54) is 0 Å². The van der Waals surface area contributed by atoms with Gasteiger partial charge in [-0.15, -0.1) is 0 Å². The SMILES string of the molecule is CCCCC(=O)Nc1ccc(C(=O)Nc2ccc(C)c(Cl)c2)cc1. The number of unbranched alkanes of at least 4 members (excludes halogenated alkanes) is 1. The van der Waals surface area contributed by atoms with Crippen LogP contribution in [0.4, 0.5) is 11.4 Å². The molecule has 2 aromatic carbocycles. The molecule has 0 aliphatic rings. The van der Waals surface area contributed by atoms with Crippen molar-refractivity contribution in [2.75, 3.05) is 10.6 Å². The summed E-state index contributed by atoms with van der Waals surface area (Å²) in [5.41, 5.74) is 2.80. The van der Waals surface area contributed by atoms with E-state index in [9.17, 15) is 9.59 Å². The number of halogens is 1. The number of nitrogens with one attached hydrogen (secondary N) is 2. The van der Waals surface area contributed by atoms with Crippen molar-refractivity contribution >= 4 is 34.8 Å². The standard InChI is InChI=1S/C19H21ClN2O2/c1-3-4-5-18(23)21-15-10-7-14(8-11-15)19(24)22-16-9-6-13(2)17(20)12-16/h6-12H,3-5H2,1-2H3,(H,21,23)(H,22,24). The highest BCUT2D eigenvalue weighted by molar-refractivity contribution is 6.31. The van der Waals surface area contributed by atoms with Crippen molar-refractivity contribution in [3.8, 4) is 0 Å². The first-order chi connectivity index (χ1) is 11.5. The average molecular weight is 345 g/mol. The first-order valence-electron chi connectivity index (χ1n) is 7.97. The van der Waals surface area contributed by atoms with Crippen LogP contribution in [0.25, 0.3) is 0 Å². The maximum Gasteiger partial charge on any atom is 0.255 e. The molecule has 5 heteroatoms. The largest absolute Gasteiger partial charge is 0.326 e. The van der Waals surface area contributed by atoms with Gasteiger partial charge in [0.25, 0.3) is 5.91 Å². The van der Waals surface area contributed by atoms with E-state index < -0.39 is 0 Å². The Morgan fingerprint density at radius 3 is 2.29 bits per heavy atom. The van der Waals surface area contributed by atoms with E-state index in [0.717, 1.165) is 18.4 Å². The number of rotatable bonds is 6. The number of aryl methyl sites for hydroxylation is 1. The van der Waals surface area contributed by atoms with Crippen molar-refractivity contribution in [2.24, 2.45) is 0 Å². The van der Waals surface area contributed by atoms with E-state index in [4.69, 9.17) is 11.6 Å². The lowest BCUT2D eigenvalue weighted by Gasteiger charge is -2.08. The normalized spacial score (nSPS) is 10.3. The summed E-state index contributed by atoms with van der Waals surface area (Å²) < 4.78 is 0. The smallest absolute Gasteiger partial charge is 0.255 e. The van der Waals surface area contributed by atoms with Crippen LogP contribution in [0.15, 0.2) is 42.5 Å². The zero-order valence-electron chi connectivity index (χ0n) is 13.9. The minimum Gasteiger partial charge on any atom is -0.326 e.